The van der Waals surface area contributed by atoms with E-state index in [4.69, 9.17) is 12.2 Å². The Morgan fingerprint density at radius 2 is 1.43 bits per heavy atom. The number of nitro groups is 2. The van der Waals surface area contributed by atoms with Gasteiger partial charge in [0.25, 0.3) is 17.3 Å². The van der Waals surface area contributed by atoms with Gasteiger partial charge in [-0.2, -0.15) is 0 Å². The fourth-order valence-corrected chi connectivity index (χ4v) is 5.69. The molecule has 4 aliphatic rings. The predicted octanol–water partition coefficient (Wildman–Crippen LogP) is 2.93. The number of hydrogen-bond donors (Lipinski definition) is 2. The Bertz CT molecular complexity index is 813. The standard InChI is InChI=1S/C18H20N4O5S/c23-17(13-6-14(21(24)25)8-15(7-13)22(26)27)20-18(28)19-16-11-2-9-1-10(4-11)5-12(16)3-9/h6-12,16H,1-5H2,(H2,19,20,23,28). The van der Waals surface area contributed by atoms with Gasteiger partial charge in [0.05, 0.1) is 21.5 Å². The van der Waals surface area contributed by atoms with Gasteiger partial charge in [-0.25, -0.2) is 0 Å². The minimum atomic E-state index is -0.769. The van der Waals surface area contributed by atoms with Gasteiger partial charge in [0.2, 0.25) is 0 Å². The molecule has 0 atom stereocenters. The van der Waals surface area contributed by atoms with Gasteiger partial charge in [-0.15, -0.1) is 0 Å². The first kappa shape index (κ1) is 18.7. The molecule has 148 valence electrons. The lowest BCUT2D eigenvalue weighted by Crippen LogP contribution is -2.57. The third kappa shape index (κ3) is 3.56. The number of carbonyl (C=O) groups excluding carboxylic acids is 1. The summed E-state index contributed by atoms with van der Waals surface area (Å²) in [5, 5.41) is 27.9. The molecule has 4 fully saturated rings. The van der Waals surface area contributed by atoms with E-state index in [1.165, 1.54) is 32.1 Å². The minimum Gasteiger partial charge on any atom is -0.359 e. The van der Waals surface area contributed by atoms with Crippen molar-refractivity contribution in [3.8, 4) is 0 Å². The lowest BCUT2D eigenvalue weighted by atomic mass is 9.54. The third-order valence-electron chi connectivity index (χ3n) is 6.34. The summed E-state index contributed by atoms with van der Waals surface area (Å²) >= 11 is 5.29. The lowest BCUT2D eigenvalue weighted by Gasteiger charge is -2.54. The molecule has 28 heavy (non-hydrogen) atoms. The number of non-ortho nitro benzene ring substituents is 2. The molecule has 0 aromatic heterocycles. The van der Waals surface area contributed by atoms with E-state index >= 15 is 0 Å². The van der Waals surface area contributed by atoms with Crippen molar-refractivity contribution < 1.29 is 14.6 Å². The van der Waals surface area contributed by atoms with Crippen LogP contribution in [0, 0.1) is 43.9 Å². The number of nitrogens with zero attached hydrogens (tertiary/aromatic N) is 2. The van der Waals surface area contributed by atoms with E-state index in [0.29, 0.717) is 11.8 Å². The summed E-state index contributed by atoms with van der Waals surface area (Å²) in [5.41, 5.74) is -1.20. The maximum absolute atomic E-state index is 12.5. The maximum Gasteiger partial charge on any atom is 0.277 e. The quantitative estimate of drug-likeness (QED) is 0.449. The Hall–Kier alpha value is -2.62. The van der Waals surface area contributed by atoms with Crippen LogP contribution >= 0.6 is 12.2 Å². The highest BCUT2D eigenvalue weighted by molar-refractivity contribution is 7.80. The molecule has 0 aliphatic heterocycles. The van der Waals surface area contributed by atoms with Crippen molar-refractivity contribution in [1.82, 2.24) is 10.6 Å². The molecule has 0 spiro atoms. The van der Waals surface area contributed by atoms with Gasteiger partial charge in [0.15, 0.2) is 5.11 Å². The Balaban J connectivity index is 1.44. The number of hydrogen-bond acceptors (Lipinski definition) is 6. The summed E-state index contributed by atoms with van der Waals surface area (Å²) in [6.45, 7) is 0. The Kier molecular flexibility index (Phi) is 4.74. The van der Waals surface area contributed by atoms with Crippen LogP contribution < -0.4 is 10.6 Å². The van der Waals surface area contributed by atoms with E-state index < -0.39 is 27.1 Å². The van der Waals surface area contributed by atoms with Gasteiger partial charge >= 0.3 is 0 Å². The molecule has 2 N–H and O–H groups in total. The molecule has 1 amide bonds. The largest absolute Gasteiger partial charge is 0.359 e. The van der Waals surface area contributed by atoms with E-state index in [2.05, 4.69) is 10.6 Å². The van der Waals surface area contributed by atoms with Crippen LogP contribution in [-0.4, -0.2) is 26.9 Å². The first-order chi connectivity index (χ1) is 13.3. The summed E-state index contributed by atoms with van der Waals surface area (Å²) in [6.07, 6.45) is 6.11. The highest BCUT2D eigenvalue weighted by atomic mass is 32.1. The van der Waals surface area contributed by atoms with Crippen LogP contribution in [0.1, 0.15) is 42.5 Å². The number of carbonyl (C=O) groups is 1. The van der Waals surface area contributed by atoms with Crippen LogP contribution in [0.2, 0.25) is 0 Å². The van der Waals surface area contributed by atoms with Crippen molar-refractivity contribution in [3.63, 3.8) is 0 Å². The Morgan fingerprint density at radius 1 is 0.929 bits per heavy atom. The fraction of sp³-hybridized carbons (Fsp3) is 0.556. The van der Waals surface area contributed by atoms with E-state index in [9.17, 15) is 25.0 Å². The lowest BCUT2D eigenvalue weighted by molar-refractivity contribution is -0.394. The molecule has 4 aliphatic carbocycles. The fourth-order valence-electron chi connectivity index (χ4n) is 5.46. The van der Waals surface area contributed by atoms with Crippen molar-refractivity contribution in [2.45, 2.75) is 38.1 Å². The van der Waals surface area contributed by atoms with Gasteiger partial charge in [-0.05, 0) is 68.0 Å². The van der Waals surface area contributed by atoms with Gasteiger partial charge in [-0.1, -0.05) is 0 Å². The van der Waals surface area contributed by atoms with Crippen molar-refractivity contribution in [2.24, 2.45) is 23.7 Å². The topological polar surface area (TPSA) is 127 Å². The molecule has 1 aromatic rings. The smallest absolute Gasteiger partial charge is 0.277 e. The van der Waals surface area contributed by atoms with Crippen molar-refractivity contribution in [2.75, 3.05) is 0 Å². The predicted molar refractivity (Wildman–Crippen MR) is 104 cm³/mol. The van der Waals surface area contributed by atoms with Gasteiger partial charge < -0.3 is 5.32 Å². The number of thiocarbonyl (C=S) groups is 1. The van der Waals surface area contributed by atoms with Crippen LogP contribution in [0.3, 0.4) is 0 Å². The number of benzene rings is 1. The number of rotatable bonds is 4. The number of amides is 1. The zero-order chi connectivity index (χ0) is 20.0. The number of nitrogens with one attached hydrogen (secondary N) is 2. The normalized spacial score (nSPS) is 29.9. The second-order valence-corrected chi connectivity index (χ2v) is 8.54. The highest BCUT2D eigenvalue weighted by Crippen LogP contribution is 2.53. The average molecular weight is 404 g/mol. The maximum atomic E-state index is 12.5. The Labute approximate surface area is 166 Å². The second kappa shape index (κ2) is 7.08. The van der Waals surface area contributed by atoms with E-state index in [0.717, 1.165) is 30.0 Å². The molecule has 4 saturated carbocycles. The molecule has 0 radical (unpaired) electrons. The van der Waals surface area contributed by atoms with Crippen molar-refractivity contribution >= 4 is 34.6 Å². The molecule has 4 bridgehead atoms. The van der Waals surface area contributed by atoms with Gasteiger partial charge in [0.1, 0.15) is 0 Å². The molecular formula is C18H20N4O5S. The summed E-state index contributed by atoms with van der Waals surface area (Å²) in [4.78, 5) is 32.9. The monoisotopic (exact) mass is 404 g/mol. The van der Waals surface area contributed by atoms with Gasteiger partial charge in [-0.3, -0.25) is 30.3 Å². The average Bonchev–Trinajstić information content (AvgIpc) is 2.63. The SMILES string of the molecule is O=C(NC(=S)NC1C2CC3CC(C2)CC1C3)c1cc([N+](=O)[O-])cc([N+](=O)[O-])c1. The molecular weight excluding hydrogens is 384 g/mol. The number of nitro benzene ring substituents is 2. The first-order valence-corrected chi connectivity index (χ1v) is 9.76. The van der Waals surface area contributed by atoms with Crippen LogP contribution in [0.15, 0.2) is 18.2 Å². The highest BCUT2D eigenvalue weighted by Gasteiger charge is 2.48. The summed E-state index contributed by atoms with van der Waals surface area (Å²) in [6, 6.07) is 3.07. The van der Waals surface area contributed by atoms with Crippen LogP contribution in [0.25, 0.3) is 0 Å². The van der Waals surface area contributed by atoms with Crippen LogP contribution in [0.4, 0.5) is 11.4 Å². The molecule has 0 unspecified atom stereocenters. The molecule has 1 aromatic carbocycles. The van der Waals surface area contributed by atoms with Crippen molar-refractivity contribution in [1.29, 1.82) is 0 Å². The third-order valence-corrected chi connectivity index (χ3v) is 6.56. The van der Waals surface area contributed by atoms with Crippen molar-refractivity contribution in [3.05, 3.63) is 44.0 Å². The van der Waals surface area contributed by atoms with Crippen LogP contribution in [0.5, 0.6) is 0 Å². The van der Waals surface area contributed by atoms with E-state index in [1.807, 2.05) is 0 Å². The second-order valence-electron chi connectivity index (χ2n) is 8.14. The zero-order valence-electron chi connectivity index (χ0n) is 15.0. The first-order valence-electron chi connectivity index (χ1n) is 9.36. The zero-order valence-corrected chi connectivity index (χ0v) is 15.8. The molecule has 0 saturated heterocycles. The molecule has 0 heterocycles. The minimum absolute atomic E-state index is 0.164. The summed E-state index contributed by atoms with van der Waals surface area (Å²) < 4.78 is 0. The Morgan fingerprint density at radius 3 is 1.89 bits per heavy atom. The molecule has 10 heteroatoms. The van der Waals surface area contributed by atoms with E-state index in [1.54, 1.807) is 0 Å². The van der Waals surface area contributed by atoms with Gasteiger partial charge in [0, 0.05) is 18.2 Å². The molecule has 9 nitrogen and oxygen atoms in total. The van der Waals surface area contributed by atoms with E-state index in [-0.39, 0.29) is 16.7 Å². The summed E-state index contributed by atoms with van der Waals surface area (Å²) in [5.74, 6) is 2.05. The summed E-state index contributed by atoms with van der Waals surface area (Å²) in [7, 11) is 0. The molecule has 5 rings (SSSR count). The van der Waals surface area contributed by atoms with Crippen LogP contribution in [-0.2, 0) is 0 Å².